The van der Waals surface area contributed by atoms with Crippen molar-refractivity contribution in [3.63, 3.8) is 0 Å². The SMILES string of the molecule is [C-]#[N+]c1ccc(-c2nc(OC[C@@H]3CCNC3)c(C)c(=O)n2-c2ccc(C3CC3)cc2)cc1F.[C-]#[N+]c1ccc(-c2nc(OC[C@@H]3CCNC3)c(Cl)c(=O)n2-c2ccc(C3CC3)cc2)cc1F.[C-]#[N+]c1ccc(-c2nc(OC[C@@H]3CCNC3)c(F)c(=O)n2-c2ccc(C3CC3)cc2)cc1F.[C-]#[N+]c1ccc(-c2nc(OC[C@@H]3CCNC3)cc(=O)n2-c2ccc(C3CC3)cc2)cc1F. The van der Waals surface area contributed by atoms with Crippen LogP contribution in [-0.4, -0.2) is 117 Å². The molecule has 0 spiro atoms. The molecule has 4 atom stereocenters. The third-order valence-corrected chi connectivity index (χ3v) is 25.1. The van der Waals surface area contributed by atoms with Gasteiger partial charge in [-0.3, -0.25) is 37.4 Å². The van der Waals surface area contributed by atoms with Crippen LogP contribution in [0, 0.1) is 86.0 Å². The van der Waals surface area contributed by atoms with Gasteiger partial charge in [-0.05, 0) is 229 Å². The lowest BCUT2D eigenvalue weighted by atomic mass is 10.1. The smallest absolute Gasteiger partial charge is 0.298 e. The van der Waals surface area contributed by atoms with Gasteiger partial charge in [0.25, 0.3) is 33.9 Å². The molecule has 20 rings (SSSR count). The molecule has 12 aromatic rings. The molecule has 0 bridgehead atoms. The predicted octanol–water partition coefficient (Wildman–Crippen LogP) is 18.9. The Balaban J connectivity index is 0.000000122. The zero-order valence-corrected chi connectivity index (χ0v) is 72.5. The van der Waals surface area contributed by atoms with Crippen molar-refractivity contribution < 1.29 is 40.9 Å². The van der Waals surface area contributed by atoms with Gasteiger partial charge in [0.1, 0.15) is 23.3 Å². The standard InChI is InChI=1S/C26H25FN4O2.C25H22ClFN4O2.C25H22F2N4O2.C25H23FN4O2/c1-16-25(33-15-17-11-12-29-14-17)30-24(20-7-10-23(28-2)22(27)13-20)31(26(16)32)21-8-5-19(6-9-21)18-3-4-18;1-28-21-9-6-18(12-20(21)27)23-30-24(33-14-15-10-11-29-13-15)22(26)25(32)31(23)19-7-4-17(5-8-19)16-2-3-16;1-28-21-9-6-18(12-20(21)26)23-30-24(33-14-15-10-11-29-13-15)22(27)25(32)31(23)19-7-4-17(5-8-19)16-2-3-16;1-27-22-9-6-19(12-21(22)26)25-29-23(32-15-16-10-11-28-14-16)13-24(31)30(25)20-7-4-18(5-8-20)17-2-3-17/h5-10,13,17-18,29H,3-4,11-12,14-15H2,1H3;2*4-9,12,15-16,29H,2-3,10-11,13-14H2;4-9,12-13,16-17,28H,2-3,10-11,14-15H2/t17-;2*15-;16-/m1111/s1. The molecule has 4 aliphatic heterocycles. The van der Waals surface area contributed by atoms with Crippen LogP contribution in [0.15, 0.2) is 195 Å². The molecule has 4 saturated carbocycles. The van der Waals surface area contributed by atoms with Crippen LogP contribution < -0.4 is 62.5 Å². The van der Waals surface area contributed by atoms with Crippen LogP contribution in [0.4, 0.5) is 44.7 Å². The van der Waals surface area contributed by atoms with Crippen LogP contribution in [0.3, 0.4) is 0 Å². The van der Waals surface area contributed by atoms with Gasteiger partial charge in [-0.25, -0.2) is 36.9 Å². The normalized spacial score (nSPS) is 17.7. The van der Waals surface area contributed by atoms with E-state index in [1.54, 1.807) is 37.3 Å². The molecule has 0 radical (unpaired) electrons. The summed E-state index contributed by atoms with van der Waals surface area (Å²) in [5.74, 6) is 0.698. The summed E-state index contributed by atoms with van der Waals surface area (Å²) in [5, 5.41) is 13.0. The number of halogens is 6. The van der Waals surface area contributed by atoms with Crippen LogP contribution in [0.2, 0.25) is 5.02 Å². The first-order valence-corrected chi connectivity index (χ1v) is 44.5. The molecule has 30 heteroatoms. The van der Waals surface area contributed by atoms with Gasteiger partial charge in [-0.15, -0.1) is 0 Å². The van der Waals surface area contributed by atoms with Crippen molar-refractivity contribution in [2.24, 2.45) is 23.7 Å². The third kappa shape index (κ3) is 20.8. The van der Waals surface area contributed by atoms with E-state index < -0.39 is 46.1 Å². The summed E-state index contributed by atoms with van der Waals surface area (Å²) in [5.41, 5.74) is 6.71. The van der Waals surface area contributed by atoms with Gasteiger partial charge in [0, 0.05) is 72.1 Å². The van der Waals surface area contributed by atoms with E-state index >= 15 is 4.39 Å². The minimum Gasteiger partial charge on any atom is -0.477 e. The Morgan fingerprint density at radius 1 is 0.351 bits per heavy atom. The second-order valence-electron chi connectivity index (χ2n) is 34.2. The van der Waals surface area contributed by atoms with E-state index in [9.17, 15) is 36.7 Å². The molecular weight excluding hydrogens is 1700 g/mol. The maximum Gasteiger partial charge on any atom is 0.298 e. The Morgan fingerprint density at radius 2 is 0.641 bits per heavy atom. The minimum absolute atomic E-state index is 0.0316. The van der Waals surface area contributed by atoms with Gasteiger partial charge < -0.3 is 40.2 Å². The van der Waals surface area contributed by atoms with Crippen molar-refractivity contribution in [2.75, 3.05) is 78.8 Å². The lowest BCUT2D eigenvalue weighted by Crippen LogP contribution is -2.27. The molecule has 0 amide bonds. The fourth-order valence-electron chi connectivity index (χ4n) is 16.6. The molecular formula is C101H92ClF5N16O8. The highest BCUT2D eigenvalue weighted by Gasteiger charge is 2.32. The van der Waals surface area contributed by atoms with Gasteiger partial charge in [0.2, 0.25) is 40.4 Å². The molecule has 4 aromatic heterocycles. The minimum atomic E-state index is -1.09. The lowest BCUT2D eigenvalue weighted by Gasteiger charge is -2.18. The van der Waals surface area contributed by atoms with Gasteiger partial charge in [0.05, 0.1) is 87.1 Å². The van der Waals surface area contributed by atoms with Crippen LogP contribution >= 0.6 is 11.6 Å². The number of ether oxygens (including phenoxy) is 4. The molecule has 8 aliphatic rings. The van der Waals surface area contributed by atoms with Crippen LogP contribution in [0.5, 0.6) is 23.5 Å². The van der Waals surface area contributed by atoms with E-state index in [1.807, 2.05) is 84.9 Å². The molecule has 4 aliphatic carbocycles. The third-order valence-electron chi connectivity index (χ3n) is 24.7. The number of nitrogens with one attached hydrogen (secondary N) is 4. The van der Waals surface area contributed by atoms with E-state index in [4.69, 9.17) is 56.8 Å². The van der Waals surface area contributed by atoms with Crippen LogP contribution in [-0.2, 0) is 0 Å². The van der Waals surface area contributed by atoms with Gasteiger partial charge in [0.15, 0.2) is 28.3 Å². The van der Waals surface area contributed by atoms with Crippen molar-refractivity contribution in [1.82, 2.24) is 59.5 Å². The largest absolute Gasteiger partial charge is 0.477 e. The second-order valence-corrected chi connectivity index (χ2v) is 34.6. The fourth-order valence-corrected chi connectivity index (χ4v) is 16.8. The highest BCUT2D eigenvalue weighted by atomic mass is 35.5. The first kappa shape index (κ1) is 89.2. The summed E-state index contributed by atoms with van der Waals surface area (Å²) in [4.78, 5) is 84.0. The Bertz CT molecular complexity index is 6230. The van der Waals surface area contributed by atoms with Crippen molar-refractivity contribution in [3.05, 3.63) is 325 Å². The van der Waals surface area contributed by atoms with E-state index in [2.05, 4.69) is 60.6 Å². The zero-order valence-electron chi connectivity index (χ0n) is 71.7. The summed E-state index contributed by atoms with van der Waals surface area (Å²) >= 11 is 6.41. The zero-order chi connectivity index (χ0) is 90.9. The average Bonchev–Trinajstić information content (AvgIpc) is 1.74. The summed E-state index contributed by atoms with van der Waals surface area (Å²) in [6.07, 6.45) is 13.3. The van der Waals surface area contributed by atoms with E-state index in [0.29, 0.717) is 112 Å². The Morgan fingerprint density at radius 3 is 0.962 bits per heavy atom. The molecule has 8 heterocycles. The number of benzene rings is 8. The first-order chi connectivity index (χ1) is 63.8. The van der Waals surface area contributed by atoms with Gasteiger partial charge in [-0.1, -0.05) is 109 Å². The number of aromatic nitrogens is 8. The maximum absolute atomic E-state index is 15.1. The quantitative estimate of drug-likeness (QED) is 0.0325. The Hall–Kier alpha value is -13.8. The molecule has 666 valence electrons. The number of rotatable bonds is 24. The summed E-state index contributed by atoms with van der Waals surface area (Å²) in [6.45, 7) is 38.6. The fraction of sp³-hybridized carbons (Fsp3) is 0.327. The summed E-state index contributed by atoms with van der Waals surface area (Å²) in [6, 6.07) is 48.8. The van der Waals surface area contributed by atoms with Crippen LogP contribution in [0.25, 0.3) is 87.7 Å². The lowest BCUT2D eigenvalue weighted by molar-refractivity contribution is 0.237. The summed E-state index contributed by atoms with van der Waals surface area (Å²) in [7, 11) is 0. The monoisotopic (exact) mass is 1790 g/mol. The van der Waals surface area contributed by atoms with Gasteiger partial charge in [-0.2, -0.15) is 24.3 Å². The Kier molecular flexibility index (Phi) is 27.3. The highest BCUT2D eigenvalue weighted by molar-refractivity contribution is 6.31. The molecule has 8 aromatic carbocycles. The molecule has 0 unspecified atom stereocenters. The summed E-state index contributed by atoms with van der Waals surface area (Å²) < 4.78 is 102. The molecule has 4 saturated heterocycles. The van der Waals surface area contributed by atoms with Crippen molar-refractivity contribution in [2.45, 2.75) is 108 Å². The van der Waals surface area contributed by atoms with Gasteiger partial charge >= 0.3 is 0 Å². The van der Waals surface area contributed by atoms with E-state index in [1.165, 1.54) is 129 Å². The molecule has 4 N–H and O–H groups in total. The molecule has 8 fully saturated rings. The van der Waals surface area contributed by atoms with Crippen molar-refractivity contribution in [1.29, 1.82) is 0 Å². The highest BCUT2D eigenvalue weighted by Crippen LogP contribution is 2.45. The second kappa shape index (κ2) is 40.1. The Labute approximate surface area is 757 Å². The van der Waals surface area contributed by atoms with Crippen molar-refractivity contribution in [3.8, 4) is 91.8 Å². The topological polar surface area (TPSA) is 242 Å². The van der Waals surface area contributed by atoms with Crippen molar-refractivity contribution >= 4 is 34.4 Å². The average molecular weight is 1790 g/mol. The van der Waals surface area contributed by atoms with E-state index in [-0.39, 0.29) is 92.1 Å². The number of nitrogens with zero attached hydrogens (tertiary/aromatic N) is 12. The van der Waals surface area contributed by atoms with E-state index in [0.717, 1.165) is 102 Å². The molecule has 24 nitrogen and oxygen atoms in total. The number of hydrogen-bond donors (Lipinski definition) is 4. The predicted molar refractivity (Wildman–Crippen MR) is 489 cm³/mol. The maximum atomic E-state index is 15.1. The number of hydrogen-bond acceptors (Lipinski definition) is 16. The molecule has 131 heavy (non-hydrogen) atoms. The van der Waals surface area contributed by atoms with Crippen LogP contribution in [0.1, 0.15) is 129 Å². The first-order valence-electron chi connectivity index (χ1n) is 44.1.